The van der Waals surface area contributed by atoms with Crippen molar-refractivity contribution in [2.75, 3.05) is 6.61 Å². The molecule has 2 bridgehead atoms. The van der Waals surface area contributed by atoms with Gasteiger partial charge < -0.3 is 4.74 Å². The topological polar surface area (TPSA) is 9.23 Å². The number of fused-ring (bicyclic) bond motifs is 2. The smallest absolute Gasteiger partial charge is 0.0648 e. The quantitative estimate of drug-likeness (QED) is 0.626. The number of ether oxygens (including phenoxy) is 1. The summed E-state index contributed by atoms with van der Waals surface area (Å²) in [6.07, 6.45) is 7.88. The Morgan fingerprint density at radius 2 is 2.29 bits per heavy atom. The van der Waals surface area contributed by atoms with Gasteiger partial charge in [-0.1, -0.05) is 19.9 Å². The summed E-state index contributed by atoms with van der Waals surface area (Å²) in [7, 11) is 0. The highest BCUT2D eigenvalue weighted by atomic mass is 16.5. The van der Waals surface area contributed by atoms with Crippen LogP contribution < -0.4 is 0 Å². The fourth-order valence-corrected chi connectivity index (χ4v) is 3.38. The Morgan fingerprint density at radius 3 is 3.00 bits per heavy atom. The van der Waals surface area contributed by atoms with Crippen molar-refractivity contribution in [2.24, 2.45) is 17.3 Å². The molecule has 0 heterocycles. The minimum absolute atomic E-state index is 0.485. The lowest BCUT2D eigenvalue weighted by Gasteiger charge is -2.39. The molecule has 4 atom stereocenters. The average molecular weight is 194 g/mol. The van der Waals surface area contributed by atoms with Crippen LogP contribution in [-0.2, 0) is 4.74 Å². The van der Waals surface area contributed by atoms with Crippen molar-refractivity contribution < 1.29 is 4.74 Å². The predicted molar refractivity (Wildman–Crippen MR) is 59.2 cm³/mol. The first-order chi connectivity index (χ1) is 6.64. The lowest BCUT2D eigenvalue weighted by Crippen LogP contribution is -2.36. The third-order valence-electron chi connectivity index (χ3n) is 4.33. The normalized spacial score (nSPS) is 46.6. The van der Waals surface area contributed by atoms with Gasteiger partial charge in [0.1, 0.15) is 0 Å². The Morgan fingerprint density at radius 1 is 1.50 bits per heavy atom. The van der Waals surface area contributed by atoms with Crippen molar-refractivity contribution in [3.63, 3.8) is 0 Å². The van der Waals surface area contributed by atoms with Gasteiger partial charge >= 0.3 is 0 Å². The van der Waals surface area contributed by atoms with Crippen molar-refractivity contribution in [3.05, 3.63) is 12.7 Å². The highest BCUT2D eigenvalue weighted by molar-refractivity contribution is 4.97. The average Bonchev–Trinajstić information content (AvgIpc) is 2.49. The maximum Gasteiger partial charge on any atom is 0.0648 e. The zero-order valence-corrected chi connectivity index (χ0v) is 9.46. The molecule has 2 aliphatic rings. The van der Waals surface area contributed by atoms with Gasteiger partial charge in [-0.3, -0.25) is 0 Å². The summed E-state index contributed by atoms with van der Waals surface area (Å²) >= 11 is 0. The second-order valence-corrected chi connectivity index (χ2v) is 5.54. The zero-order valence-electron chi connectivity index (χ0n) is 9.46. The summed E-state index contributed by atoms with van der Waals surface area (Å²) in [6.45, 7) is 9.23. The van der Waals surface area contributed by atoms with Crippen molar-refractivity contribution in [2.45, 2.75) is 45.6 Å². The Kier molecular flexibility index (Phi) is 2.70. The molecule has 0 aromatic heterocycles. The summed E-state index contributed by atoms with van der Waals surface area (Å²) in [6, 6.07) is 0. The first-order valence-corrected chi connectivity index (χ1v) is 5.87. The van der Waals surface area contributed by atoms with Gasteiger partial charge in [0.2, 0.25) is 0 Å². The fraction of sp³-hybridized carbons (Fsp3) is 0.846. The Bertz CT molecular complexity index is 223. The number of hydrogen-bond acceptors (Lipinski definition) is 1. The Balaban J connectivity index is 2.01. The van der Waals surface area contributed by atoms with Crippen LogP contribution in [0.1, 0.15) is 39.5 Å². The van der Waals surface area contributed by atoms with Gasteiger partial charge in [0, 0.05) is 0 Å². The molecule has 2 fully saturated rings. The molecule has 0 aliphatic heterocycles. The standard InChI is InChI=1S/C13H22O/c1-4-7-14-12-9-13(3)6-5-11(8-13)10(12)2/h4,10-12H,1,5-9H2,2-3H3. The largest absolute Gasteiger partial charge is 0.374 e. The third kappa shape index (κ3) is 1.75. The van der Waals surface area contributed by atoms with Gasteiger partial charge in [-0.05, 0) is 42.9 Å². The van der Waals surface area contributed by atoms with E-state index in [1.54, 1.807) is 0 Å². The van der Waals surface area contributed by atoms with E-state index in [1.165, 1.54) is 25.7 Å². The van der Waals surface area contributed by atoms with Crippen LogP contribution in [0.2, 0.25) is 0 Å². The minimum Gasteiger partial charge on any atom is -0.374 e. The van der Waals surface area contributed by atoms with Crippen molar-refractivity contribution in [1.82, 2.24) is 0 Å². The van der Waals surface area contributed by atoms with Gasteiger partial charge in [0.05, 0.1) is 12.7 Å². The molecule has 2 aliphatic carbocycles. The van der Waals surface area contributed by atoms with E-state index in [-0.39, 0.29) is 0 Å². The molecule has 0 saturated heterocycles. The van der Waals surface area contributed by atoms with Crippen LogP contribution in [0.3, 0.4) is 0 Å². The van der Waals surface area contributed by atoms with E-state index < -0.39 is 0 Å². The van der Waals surface area contributed by atoms with E-state index in [0.717, 1.165) is 18.4 Å². The lowest BCUT2D eigenvalue weighted by atomic mass is 9.71. The van der Waals surface area contributed by atoms with Gasteiger partial charge in [0.15, 0.2) is 0 Å². The lowest BCUT2D eigenvalue weighted by molar-refractivity contribution is -0.0352. The highest BCUT2D eigenvalue weighted by Gasteiger charge is 2.46. The minimum atomic E-state index is 0.485. The van der Waals surface area contributed by atoms with Crippen molar-refractivity contribution in [1.29, 1.82) is 0 Å². The number of rotatable bonds is 3. The third-order valence-corrected chi connectivity index (χ3v) is 4.33. The fourth-order valence-electron chi connectivity index (χ4n) is 3.38. The molecular formula is C13H22O. The van der Waals surface area contributed by atoms with Crippen LogP contribution in [0.25, 0.3) is 0 Å². The SMILES string of the molecule is C=CCOC1CC2(C)CCC(C2)C1C. The molecule has 80 valence electrons. The summed E-state index contributed by atoms with van der Waals surface area (Å²) < 4.78 is 5.87. The number of hydrogen-bond donors (Lipinski definition) is 0. The molecule has 0 amide bonds. The zero-order chi connectivity index (χ0) is 10.2. The summed E-state index contributed by atoms with van der Waals surface area (Å²) in [5.41, 5.74) is 0.586. The van der Waals surface area contributed by atoms with Crippen molar-refractivity contribution in [3.8, 4) is 0 Å². The summed E-state index contributed by atoms with van der Waals surface area (Å²) in [5, 5.41) is 0. The van der Waals surface area contributed by atoms with Gasteiger partial charge in [-0.2, -0.15) is 0 Å². The molecule has 0 spiro atoms. The summed E-state index contributed by atoms with van der Waals surface area (Å²) in [4.78, 5) is 0. The van der Waals surface area contributed by atoms with E-state index in [9.17, 15) is 0 Å². The van der Waals surface area contributed by atoms with Crippen LogP contribution >= 0.6 is 0 Å². The first kappa shape index (κ1) is 10.2. The molecule has 4 unspecified atom stereocenters. The van der Waals surface area contributed by atoms with Gasteiger partial charge in [-0.25, -0.2) is 0 Å². The predicted octanol–water partition coefficient (Wildman–Crippen LogP) is 3.40. The molecule has 2 rings (SSSR count). The molecule has 0 radical (unpaired) electrons. The van der Waals surface area contributed by atoms with Crippen LogP contribution in [-0.4, -0.2) is 12.7 Å². The van der Waals surface area contributed by atoms with Gasteiger partial charge in [-0.15, -0.1) is 6.58 Å². The second-order valence-electron chi connectivity index (χ2n) is 5.54. The molecule has 0 N–H and O–H groups in total. The Hall–Kier alpha value is -0.300. The van der Waals surface area contributed by atoms with Gasteiger partial charge in [0.25, 0.3) is 0 Å². The Labute approximate surface area is 87.5 Å². The molecular weight excluding hydrogens is 172 g/mol. The molecule has 0 aromatic rings. The maximum atomic E-state index is 5.87. The highest BCUT2D eigenvalue weighted by Crippen LogP contribution is 2.53. The molecule has 1 nitrogen and oxygen atoms in total. The molecule has 0 aromatic carbocycles. The van der Waals surface area contributed by atoms with Crippen LogP contribution in [0.4, 0.5) is 0 Å². The first-order valence-electron chi connectivity index (χ1n) is 5.87. The molecule has 1 heteroatoms. The molecule has 14 heavy (non-hydrogen) atoms. The van der Waals surface area contributed by atoms with Crippen LogP contribution in [0, 0.1) is 17.3 Å². The van der Waals surface area contributed by atoms with E-state index in [0.29, 0.717) is 11.5 Å². The van der Waals surface area contributed by atoms with Crippen molar-refractivity contribution >= 4 is 0 Å². The van der Waals surface area contributed by atoms with E-state index in [1.807, 2.05) is 6.08 Å². The summed E-state index contributed by atoms with van der Waals surface area (Å²) in [5.74, 6) is 1.68. The monoisotopic (exact) mass is 194 g/mol. The van der Waals surface area contributed by atoms with E-state index in [4.69, 9.17) is 4.74 Å². The van der Waals surface area contributed by atoms with Crippen LogP contribution in [0.15, 0.2) is 12.7 Å². The van der Waals surface area contributed by atoms with E-state index >= 15 is 0 Å². The maximum absolute atomic E-state index is 5.87. The van der Waals surface area contributed by atoms with E-state index in [2.05, 4.69) is 20.4 Å². The van der Waals surface area contributed by atoms with Crippen LogP contribution in [0.5, 0.6) is 0 Å². The molecule has 2 saturated carbocycles. The second kappa shape index (κ2) is 3.69.